The Kier molecular flexibility index (Phi) is 4.39. The van der Waals surface area contributed by atoms with E-state index in [9.17, 15) is 9.18 Å². The minimum absolute atomic E-state index is 0.0428. The Morgan fingerprint density at radius 3 is 2.81 bits per heavy atom. The van der Waals surface area contributed by atoms with Crippen molar-refractivity contribution in [1.82, 2.24) is 29.5 Å². The van der Waals surface area contributed by atoms with E-state index in [1.807, 2.05) is 17.8 Å². The number of nitrogens with zero attached hydrogens (tertiary/aromatic N) is 5. The number of carbonyl (C=O) groups is 1. The van der Waals surface area contributed by atoms with Crippen molar-refractivity contribution >= 4 is 11.7 Å². The van der Waals surface area contributed by atoms with Gasteiger partial charge in [0.2, 0.25) is 5.78 Å². The third-order valence-electron chi connectivity index (χ3n) is 5.85. The first kappa shape index (κ1) is 19.4. The van der Waals surface area contributed by atoms with Crippen LogP contribution >= 0.6 is 0 Å². The quantitative estimate of drug-likeness (QED) is 0.549. The van der Waals surface area contributed by atoms with Crippen LogP contribution in [-0.4, -0.2) is 30.1 Å². The van der Waals surface area contributed by atoms with Crippen LogP contribution in [0.15, 0.2) is 48.9 Å². The molecule has 1 aliphatic rings. The molecule has 31 heavy (non-hydrogen) atoms. The van der Waals surface area contributed by atoms with Crippen molar-refractivity contribution in [3.63, 3.8) is 0 Å². The molecule has 158 valence electrons. The zero-order valence-electron chi connectivity index (χ0n) is 17.6. The molecule has 1 N–H and O–H groups in total. The maximum Gasteiger partial charge on any atom is 0.270 e. The van der Waals surface area contributed by atoms with Gasteiger partial charge >= 0.3 is 0 Å². The molecule has 0 fully saturated rings. The largest absolute Gasteiger partial charge is 0.344 e. The van der Waals surface area contributed by atoms with Crippen molar-refractivity contribution in [2.24, 2.45) is 5.41 Å². The van der Waals surface area contributed by atoms with Crippen molar-refractivity contribution in [2.75, 3.05) is 0 Å². The number of hydrogen-bond donors (Lipinski definition) is 1. The Morgan fingerprint density at radius 2 is 2.03 bits per heavy atom. The van der Waals surface area contributed by atoms with Crippen LogP contribution in [-0.2, 0) is 6.42 Å². The highest BCUT2D eigenvalue weighted by atomic mass is 19.1. The minimum Gasteiger partial charge on any atom is -0.344 e. The van der Waals surface area contributed by atoms with E-state index in [1.54, 1.807) is 35.0 Å². The van der Waals surface area contributed by atoms with Gasteiger partial charge in [0.1, 0.15) is 11.5 Å². The summed E-state index contributed by atoms with van der Waals surface area (Å²) in [4.78, 5) is 21.9. The molecule has 0 radical (unpaired) electrons. The van der Waals surface area contributed by atoms with Crippen LogP contribution in [0, 0.1) is 18.2 Å². The zero-order chi connectivity index (χ0) is 21.8. The summed E-state index contributed by atoms with van der Waals surface area (Å²) < 4.78 is 16.9. The van der Waals surface area contributed by atoms with Crippen molar-refractivity contribution in [1.29, 1.82) is 0 Å². The summed E-state index contributed by atoms with van der Waals surface area (Å²) in [5, 5.41) is 7.77. The normalized spacial score (nSPS) is 17.5. The van der Waals surface area contributed by atoms with Crippen LogP contribution < -0.4 is 5.32 Å². The van der Waals surface area contributed by atoms with Crippen molar-refractivity contribution in [3.05, 3.63) is 77.4 Å². The molecule has 5 rings (SSSR count). The van der Waals surface area contributed by atoms with Gasteiger partial charge in [-0.25, -0.2) is 19.0 Å². The molecule has 0 saturated carbocycles. The fourth-order valence-electron chi connectivity index (χ4n) is 4.47. The summed E-state index contributed by atoms with van der Waals surface area (Å²) in [6, 6.07) is 7.87. The van der Waals surface area contributed by atoms with E-state index in [4.69, 9.17) is 0 Å². The first-order valence-electron chi connectivity index (χ1n) is 10.3. The standard InChI is InChI=1S/C23H23FN6O/c1-14-20(29-10-4-9-25-22(29)27-14)21(31)28-18-11-23(2,3)12-19-17(18)13-26-30(19)16-7-5-15(24)6-8-16/h4-10,13,18H,11-12H2,1-3H3,(H,28,31)/t18-/m0/s1. The highest BCUT2D eigenvalue weighted by Gasteiger charge is 2.36. The molecule has 0 aliphatic heterocycles. The number of fused-ring (bicyclic) bond motifs is 2. The van der Waals surface area contributed by atoms with E-state index in [2.05, 4.69) is 34.2 Å². The van der Waals surface area contributed by atoms with Gasteiger partial charge in [0.15, 0.2) is 0 Å². The third-order valence-corrected chi connectivity index (χ3v) is 5.85. The van der Waals surface area contributed by atoms with Crippen LogP contribution in [0.2, 0.25) is 0 Å². The lowest BCUT2D eigenvalue weighted by atomic mass is 9.74. The van der Waals surface area contributed by atoms with E-state index >= 15 is 0 Å². The first-order valence-corrected chi connectivity index (χ1v) is 10.3. The number of hydrogen-bond acceptors (Lipinski definition) is 4. The third kappa shape index (κ3) is 3.37. The molecule has 0 saturated heterocycles. The molecule has 0 spiro atoms. The van der Waals surface area contributed by atoms with Gasteiger partial charge in [-0.15, -0.1) is 0 Å². The molecule has 3 aromatic heterocycles. The van der Waals surface area contributed by atoms with Crippen LogP contribution in [0.5, 0.6) is 0 Å². The van der Waals surface area contributed by atoms with Gasteiger partial charge in [-0.1, -0.05) is 13.8 Å². The lowest BCUT2D eigenvalue weighted by Gasteiger charge is -2.36. The van der Waals surface area contributed by atoms with Gasteiger partial charge in [0.05, 0.1) is 29.3 Å². The number of aryl methyl sites for hydroxylation is 1. The van der Waals surface area contributed by atoms with Gasteiger partial charge in [-0.3, -0.25) is 9.20 Å². The highest BCUT2D eigenvalue weighted by molar-refractivity contribution is 5.94. The summed E-state index contributed by atoms with van der Waals surface area (Å²) in [7, 11) is 0. The Morgan fingerprint density at radius 1 is 1.26 bits per heavy atom. The van der Waals surface area contributed by atoms with Gasteiger partial charge in [0.25, 0.3) is 5.91 Å². The van der Waals surface area contributed by atoms with E-state index in [0.29, 0.717) is 17.2 Å². The molecule has 1 amide bonds. The minimum atomic E-state index is -0.284. The predicted octanol–water partition coefficient (Wildman–Crippen LogP) is 3.81. The number of halogens is 1. The first-order chi connectivity index (χ1) is 14.8. The van der Waals surface area contributed by atoms with Crippen LogP contribution in [0.1, 0.15) is 53.7 Å². The Labute approximate surface area is 179 Å². The molecule has 1 aliphatic carbocycles. The molecule has 3 heterocycles. The summed E-state index contributed by atoms with van der Waals surface area (Å²) in [6.07, 6.45) is 6.85. The summed E-state index contributed by atoms with van der Waals surface area (Å²) in [6.45, 7) is 6.17. The van der Waals surface area contributed by atoms with Crippen LogP contribution in [0.4, 0.5) is 4.39 Å². The fourth-order valence-corrected chi connectivity index (χ4v) is 4.47. The van der Waals surface area contributed by atoms with Gasteiger partial charge < -0.3 is 5.32 Å². The molecule has 1 aromatic carbocycles. The molecular formula is C23H23FN6O. The van der Waals surface area contributed by atoms with Gasteiger partial charge in [-0.2, -0.15) is 5.10 Å². The smallest absolute Gasteiger partial charge is 0.270 e. The Bertz CT molecular complexity index is 1290. The van der Waals surface area contributed by atoms with E-state index in [-0.39, 0.29) is 23.2 Å². The highest BCUT2D eigenvalue weighted by Crippen LogP contribution is 2.41. The number of imidazole rings is 1. The van der Waals surface area contributed by atoms with E-state index in [0.717, 1.165) is 29.8 Å². The second kappa shape index (κ2) is 7.01. The second-order valence-electron chi connectivity index (χ2n) is 8.84. The van der Waals surface area contributed by atoms with Crippen molar-refractivity contribution in [3.8, 4) is 5.69 Å². The number of amides is 1. The van der Waals surface area contributed by atoms with E-state index in [1.165, 1.54) is 12.1 Å². The summed E-state index contributed by atoms with van der Waals surface area (Å²) in [5.74, 6) is 0.0215. The fraction of sp³-hybridized carbons (Fsp3) is 0.304. The summed E-state index contributed by atoms with van der Waals surface area (Å²) >= 11 is 0. The van der Waals surface area contributed by atoms with Crippen molar-refractivity contribution < 1.29 is 9.18 Å². The number of benzene rings is 1. The lowest BCUT2D eigenvalue weighted by Crippen LogP contribution is -2.37. The average Bonchev–Trinajstić information content (AvgIpc) is 3.27. The number of rotatable bonds is 3. The molecule has 1 atom stereocenters. The maximum absolute atomic E-state index is 13.4. The van der Waals surface area contributed by atoms with Crippen molar-refractivity contribution in [2.45, 2.75) is 39.7 Å². The topological polar surface area (TPSA) is 77.1 Å². The molecule has 7 nitrogen and oxygen atoms in total. The Balaban J connectivity index is 1.51. The van der Waals surface area contributed by atoms with Crippen LogP contribution in [0.3, 0.4) is 0 Å². The zero-order valence-corrected chi connectivity index (χ0v) is 17.6. The molecule has 0 unspecified atom stereocenters. The van der Waals surface area contributed by atoms with Crippen LogP contribution in [0.25, 0.3) is 11.5 Å². The number of carbonyl (C=O) groups excluding carboxylic acids is 1. The number of aromatic nitrogens is 5. The molecule has 0 bridgehead atoms. The Hall–Kier alpha value is -3.55. The average molecular weight is 418 g/mol. The van der Waals surface area contributed by atoms with Gasteiger partial charge in [-0.05, 0) is 55.5 Å². The van der Waals surface area contributed by atoms with E-state index < -0.39 is 0 Å². The molecule has 8 heteroatoms. The molecule has 4 aromatic rings. The lowest BCUT2D eigenvalue weighted by molar-refractivity contribution is 0.0912. The SMILES string of the molecule is Cc1nc2ncccn2c1C(=O)N[C@H]1CC(C)(C)Cc2c1cnn2-c1ccc(F)cc1. The molecular weight excluding hydrogens is 395 g/mol. The predicted molar refractivity (Wildman–Crippen MR) is 114 cm³/mol. The monoisotopic (exact) mass is 418 g/mol. The van der Waals surface area contributed by atoms with Gasteiger partial charge in [0, 0.05) is 18.0 Å². The summed E-state index contributed by atoms with van der Waals surface area (Å²) in [5.41, 5.74) is 3.90. The second-order valence-corrected chi connectivity index (χ2v) is 8.84. The number of nitrogens with one attached hydrogen (secondary N) is 1. The maximum atomic E-state index is 13.4.